The number of nitrogens with zero attached hydrogens (tertiary/aromatic N) is 2. The molecular formula is C25H24BrN3O6. The van der Waals surface area contributed by atoms with E-state index < -0.39 is 4.92 Å². The third-order valence-corrected chi connectivity index (χ3v) is 5.37. The molecule has 0 aliphatic heterocycles. The minimum absolute atomic E-state index is 0.0164. The molecule has 0 aromatic heterocycles. The topological polar surface area (TPSA) is 112 Å². The summed E-state index contributed by atoms with van der Waals surface area (Å²) in [6.45, 7) is 2.69. The lowest BCUT2D eigenvalue weighted by Crippen LogP contribution is -2.19. The van der Waals surface area contributed by atoms with Crippen LogP contribution >= 0.6 is 15.9 Å². The van der Waals surface area contributed by atoms with Gasteiger partial charge < -0.3 is 14.2 Å². The molecule has 0 saturated heterocycles. The molecule has 0 radical (unpaired) electrons. The monoisotopic (exact) mass is 541 g/mol. The molecule has 35 heavy (non-hydrogen) atoms. The van der Waals surface area contributed by atoms with Gasteiger partial charge in [0.05, 0.1) is 35.7 Å². The number of carbonyl (C=O) groups excluding carboxylic acids is 1. The molecule has 0 bridgehead atoms. The number of carbonyl (C=O) groups is 1. The molecule has 1 amide bonds. The number of nitrogens with one attached hydrogen (secondary N) is 1. The maximum absolute atomic E-state index is 12.2. The highest BCUT2D eigenvalue weighted by atomic mass is 79.9. The minimum atomic E-state index is -0.451. The summed E-state index contributed by atoms with van der Waals surface area (Å²) < 4.78 is 17.3. The smallest absolute Gasteiger partial charge is 0.269 e. The Balaban J connectivity index is 1.59. The van der Waals surface area contributed by atoms with Crippen LogP contribution in [0.3, 0.4) is 0 Å². The van der Waals surface area contributed by atoms with Crippen molar-refractivity contribution in [3.63, 3.8) is 0 Å². The van der Waals surface area contributed by atoms with Crippen LogP contribution in [0.2, 0.25) is 0 Å². The molecule has 0 saturated carbocycles. The summed E-state index contributed by atoms with van der Waals surface area (Å²) in [7, 11) is 1.51. The van der Waals surface area contributed by atoms with Crippen molar-refractivity contribution in [3.8, 4) is 17.2 Å². The van der Waals surface area contributed by atoms with Gasteiger partial charge in [-0.15, -0.1) is 0 Å². The lowest BCUT2D eigenvalue weighted by molar-refractivity contribution is -0.384. The van der Waals surface area contributed by atoms with Gasteiger partial charge in [-0.3, -0.25) is 14.9 Å². The van der Waals surface area contributed by atoms with Gasteiger partial charge in [0.15, 0.2) is 11.5 Å². The van der Waals surface area contributed by atoms with E-state index in [2.05, 4.69) is 26.5 Å². The molecule has 9 nitrogen and oxygen atoms in total. The number of halogens is 1. The molecular weight excluding hydrogens is 518 g/mol. The van der Waals surface area contributed by atoms with Gasteiger partial charge in [-0.2, -0.15) is 5.10 Å². The van der Waals surface area contributed by atoms with Gasteiger partial charge in [-0.1, -0.05) is 12.1 Å². The van der Waals surface area contributed by atoms with E-state index in [1.54, 1.807) is 24.3 Å². The summed E-state index contributed by atoms with van der Waals surface area (Å²) in [5, 5.41) is 14.8. The molecule has 0 heterocycles. The van der Waals surface area contributed by atoms with Crippen molar-refractivity contribution >= 4 is 33.7 Å². The lowest BCUT2D eigenvalue weighted by Gasteiger charge is -2.13. The molecule has 0 atom stereocenters. The van der Waals surface area contributed by atoms with Gasteiger partial charge in [0.2, 0.25) is 5.91 Å². The average Bonchev–Trinajstić information content (AvgIpc) is 2.84. The average molecular weight is 542 g/mol. The molecule has 3 rings (SSSR count). The van der Waals surface area contributed by atoms with Crippen LogP contribution in [0.15, 0.2) is 70.2 Å². The molecule has 0 fully saturated rings. The largest absolute Gasteiger partial charge is 0.494 e. The van der Waals surface area contributed by atoms with Crippen LogP contribution in [-0.2, 0) is 17.8 Å². The Labute approximate surface area is 211 Å². The highest BCUT2D eigenvalue weighted by molar-refractivity contribution is 9.10. The molecule has 1 N–H and O–H groups in total. The number of nitro groups is 1. The number of non-ortho nitro benzene ring substituents is 1. The van der Waals surface area contributed by atoms with Crippen LogP contribution in [0, 0.1) is 10.1 Å². The number of amides is 1. The summed E-state index contributed by atoms with van der Waals surface area (Å²) in [4.78, 5) is 22.5. The number of rotatable bonds is 11. The highest BCUT2D eigenvalue weighted by Gasteiger charge is 2.12. The number of hydrazone groups is 1. The summed E-state index contributed by atoms with van der Waals surface area (Å²) in [6, 6.07) is 16.9. The van der Waals surface area contributed by atoms with Gasteiger partial charge in [-0.25, -0.2) is 5.43 Å². The predicted octanol–water partition coefficient (Wildman–Crippen LogP) is 5.04. The summed E-state index contributed by atoms with van der Waals surface area (Å²) in [5.41, 5.74) is 4.83. The maximum Gasteiger partial charge on any atom is 0.269 e. The molecule has 0 aliphatic rings. The predicted molar refractivity (Wildman–Crippen MR) is 135 cm³/mol. The number of hydrogen-bond acceptors (Lipinski definition) is 7. The summed E-state index contributed by atoms with van der Waals surface area (Å²) in [5.74, 6) is 1.44. The van der Waals surface area contributed by atoms with E-state index in [-0.39, 0.29) is 24.6 Å². The van der Waals surface area contributed by atoms with Crippen LogP contribution in [0.4, 0.5) is 5.69 Å². The summed E-state index contributed by atoms with van der Waals surface area (Å²) >= 11 is 3.47. The Morgan fingerprint density at radius 1 is 1.09 bits per heavy atom. The number of hydrogen-bond donors (Lipinski definition) is 1. The Bertz CT molecular complexity index is 1200. The van der Waals surface area contributed by atoms with E-state index in [1.807, 2.05) is 31.2 Å². The van der Waals surface area contributed by atoms with Crippen molar-refractivity contribution < 1.29 is 23.9 Å². The molecule has 0 aliphatic carbocycles. The van der Waals surface area contributed by atoms with Crippen LogP contribution in [0.1, 0.15) is 23.6 Å². The van der Waals surface area contributed by atoms with Crippen LogP contribution < -0.4 is 19.6 Å². The van der Waals surface area contributed by atoms with Crippen LogP contribution in [0.25, 0.3) is 0 Å². The van der Waals surface area contributed by atoms with E-state index in [1.165, 1.54) is 25.5 Å². The second-order valence-electron chi connectivity index (χ2n) is 7.29. The van der Waals surface area contributed by atoms with Gasteiger partial charge >= 0.3 is 0 Å². The van der Waals surface area contributed by atoms with Crippen molar-refractivity contribution in [1.29, 1.82) is 0 Å². The standard InChI is InChI=1S/C25H24BrN3O6/c1-3-34-21-10-6-17(7-11-21)14-24(30)28-27-15-19-12-22(26)25(23(13-19)33-2)35-16-18-4-8-20(9-5-18)29(31)32/h4-13,15H,3,14,16H2,1-2H3,(H,28,30)/b27-15+. The van der Waals surface area contributed by atoms with Crippen molar-refractivity contribution in [2.75, 3.05) is 13.7 Å². The van der Waals surface area contributed by atoms with Crippen LogP contribution in [0.5, 0.6) is 17.2 Å². The highest BCUT2D eigenvalue weighted by Crippen LogP contribution is 2.37. The van der Waals surface area contributed by atoms with Crippen LogP contribution in [-0.4, -0.2) is 30.8 Å². The first-order valence-corrected chi connectivity index (χ1v) is 11.5. The SMILES string of the molecule is CCOc1ccc(CC(=O)N/N=C/c2cc(Br)c(OCc3ccc([N+](=O)[O-])cc3)c(OC)c2)cc1. The number of nitro benzene ring substituents is 1. The Morgan fingerprint density at radius 2 is 1.77 bits per heavy atom. The molecule has 0 unspecified atom stereocenters. The number of methoxy groups -OCH3 is 1. The fourth-order valence-corrected chi connectivity index (χ4v) is 3.67. The normalized spacial score (nSPS) is 10.7. The van der Waals surface area contributed by atoms with E-state index in [0.717, 1.165) is 16.9 Å². The first-order chi connectivity index (χ1) is 16.9. The molecule has 3 aromatic rings. The zero-order valence-electron chi connectivity index (χ0n) is 19.2. The first-order valence-electron chi connectivity index (χ1n) is 10.7. The third-order valence-electron chi connectivity index (χ3n) is 4.78. The van der Waals surface area contributed by atoms with Crippen molar-refractivity contribution in [2.45, 2.75) is 20.0 Å². The zero-order chi connectivity index (χ0) is 25.2. The fourth-order valence-electron chi connectivity index (χ4n) is 3.10. The van der Waals surface area contributed by atoms with E-state index in [9.17, 15) is 14.9 Å². The van der Waals surface area contributed by atoms with E-state index in [0.29, 0.717) is 28.1 Å². The zero-order valence-corrected chi connectivity index (χ0v) is 20.8. The number of benzene rings is 3. The van der Waals surface area contributed by atoms with Gasteiger partial charge in [0, 0.05) is 12.1 Å². The second kappa shape index (κ2) is 12.5. The second-order valence-corrected chi connectivity index (χ2v) is 8.15. The molecule has 3 aromatic carbocycles. The Hall–Kier alpha value is -3.92. The van der Waals surface area contributed by atoms with E-state index >= 15 is 0 Å². The Morgan fingerprint density at radius 3 is 2.40 bits per heavy atom. The fraction of sp³-hybridized carbons (Fsp3) is 0.200. The Kier molecular flexibility index (Phi) is 9.19. The lowest BCUT2D eigenvalue weighted by atomic mass is 10.1. The first kappa shape index (κ1) is 25.7. The molecule has 0 spiro atoms. The van der Waals surface area contributed by atoms with Gasteiger partial charge in [0.1, 0.15) is 12.4 Å². The van der Waals surface area contributed by atoms with Gasteiger partial charge in [0.25, 0.3) is 5.69 Å². The van der Waals surface area contributed by atoms with Crippen molar-refractivity contribution in [3.05, 3.63) is 91.9 Å². The number of ether oxygens (including phenoxy) is 3. The van der Waals surface area contributed by atoms with Gasteiger partial charge in [-0.05, 0) is 75.9 Å². The van der Waals surface area contributed by atoms with Crippen molar-refractivity contribution in [2.24, 2.45) is 5.10 Å². The maximum atomic E-state index is 12.2. The third kappa shape index (κ3) is 7.54. The minimum Gasteiger partial charge on any atom is -0.494 e. The quantitative estimate of drug-likeness (QED) is 0.207. The van der Waals surface area contributed by atoms with E-state index in [4.69, 9.17) is 14.2 Å². The summed E-state index contributed by atoms with van der Waals surface area (Å²) in [6.07, 6.45) is 1.69. The molecule has 10 heteroatoms. The molecule has 182 valence electrons. The van der Waals surface area contributed by atoms with Crippen molar-refractivity contribution in [1.82, 2.24) is 5.43 Å².